The third-order valence-electron chi connectivity index (χ3n) is 17.7. The summed E-state index contributed by atoms with van der Waals surface area (Å²) in [5.74, 6) is -0.285. The van der Waals surface area contributed by atoms with Crippen molar-refractivity contribution in [2.45, 2.75) is 356 Å². The Morgan fingerprint density at radius 2 is 0.761 bits per heavy atom. The number of aliphatic hydroxyl groups is 11. The summed E-state index contributed by atoms with van der Waals surface area (Å²) in [6, 6.07) is -0.991. The number of carbonyl (C=O) groups is 1. The van der Waals surface area contributed by atoms with Crippen LogP contribution in [0, 0.1) is 0 Å². The van der Waals surface area contributed by atoms with Crippen LogP contribution in [0.3, 0.4) is 0 Å². The lowest BCUT2D eigenvalue weighted by atomic mass is 9.96. The van der Waals surface area contributed by atoms with Crippen LogP contribution < -0.4 is 5.32 Å². The Balaban J connectivity index is 1.36. The van der Waals surface area contributed by atoms with Crippen LogP contribution in [0.15, 0.2) is 72.9 Å². The molecule has 1 amide bonds. The van der Waals surface area contributed by atoms with Gasteiger partial charge in [-0.25, -0.2) is 0 Å². The lowest BCUT2D eigenvalue weighted by Crippen LogP contribution is -2.66. The molecule has 17 atom stereocenters. The zero-order valence-electron chi connectivity index (χ0n) is 56.5. The van der Waals surface area contributed by atoms with Gasteiger partial charge in [0.1, 0.15) is 73.2 Å². The maximum Gasteiger partial charge on any atom is 0.220 e. The molecule has 0 spiro atoms. The fourth-order valence-corrected chi connectivity index (χ4v) is 11.9. The number of allylic oxidation sites excluding steroid dienone is 11. The highest BCUT2D eigenvalue weighted by Gasteiger charge is 2.53. The maximum atomic E-state index is 13.4. The molecular formula is C73H129NO18. The summed E-state index contributed by atoms with van der Waals surface area (Å²) in [4.78, 5) is 13.4. The van der Waals surface area contributed by atoms with Gasteiger partial charge in [0.25, 0.3) is 0 Å². The zero-order chi connectivity index (χ0) is 66.8. The quantitative estimate of drug-likeness (QED) is 0.0199. The van der Waals surface area contributed by atoms with Gasteiger partial charge in [0, 0.05) is 6.42 Å². The molecule has 17 unspecified atom stereocenters. The highest BCUT2D eigenvalue weighted by Crippen LogP contribution is 2.33. The summed E-state index contributed by atoms with van der Waals surface area (Å²) in [5, 5.41) is 120. The van der Waals surface area contributed by atoms with E-state index in [1.165, 1.54) is 154 Å². The van der Waals surface area contributed by atoms with Gasteiger partial charge in [-0.3, -0.25) is 4.79 Å². The predicted octanol–water partition coefficient (Wildman–Crippen LogP) is 10.1. The first-order chi connectivity index (χ1) is 44.8. The fraction of sp³-hybridized carbons (Fsp3) is 0.822. The Labute approximate surface area is 553 Å². The molecule has 534 valence electrons. The average molecular weight is 1310 g/mol. The number of amides is 1. The van der Waals surface area contributed by atoms with Gasteiger partial charge in [-0.1, -0.05) is 247 Å². The number of rotatable bonds is 55. The molecule has 3 heterocycles. The van der Waals surface area contributed by atoms with E-state index in [4.69, 9.17) is 28.4 Å². The molecule has 19 nitrogen and oxygen atoms in total. The molecule has 19 heteroatoms. The molecule has 3 aliphatic heterocycles. The van der Waals surface area contributed by atoms with Gasteiger partial charge >= 0.3 is 0 Å². The largest absolute Gasteiger partial charge is 0.394 e. The van der Waals surface area contributed by atoms with Gasteiger partial charge in [0.05, 0.1) is 38.6 Å². The molecule has 3 fully saturated rings. The minimum absolute atomic E-state index is 0.235. The topological polar surface area (TPSA) is 307 Å². The molecule has 3 aliphatic rings. The van der Waals surface area contributed by atoms with Crippen molar-refractivity contribution in [3.63, 3.8) is 0 Å². The van der Waals surface area contributed by atoms with E-state index in [1.807, 2.05) is 6.08 Å². The number of aliphatic hydroxyl groups excluding tert-OH is 11. The molecule has 0 aromatic heterocycles. The summed E-state index contributed by atoms with van der Waals surface area (Å²) in [5.41, 5.74) is 0. The van der Waals surface area contributed by atoms with E-state index >= 15 is 0 Å². The van der Waals surface area contributed by atoms with Crippen molar-refractivity contribution in [1.29, 1.82) is 0 Å². The van der Waals surface area contributed by atoms with Crippen LogP contribution in [0.2, 0.25) is 0 Å². The van der Waals surface area contributed by atoms with Gasteiger partial charge in [-0.2, -0.15) is 0 Å². The van der Waals surface area contributed by atoms with E-state index in [0.29, 0.717) is 12.8 Å². The maximum absolute atomic E-state index is 13.4. The van der Waals surface area contributed by atoms with Crippen molar-refractivity contribution in [3.8, 4) is 0 Å². The first-order valence-electron chi connectivity index (χ1n) is 36.2. The molecule has 3 saturated heterocycles. The Kier molecular flexibility index (Phi) is 49.2. The van der Waals surface area contributed by atoms with Crippen molar-refractivity contribution >= 4 is 5.91 Å². The number of carbonyl (C=O) groups excluding carboxylic acids is 1. The normalized spacial score (nSPS) is 28.1. The van der Waals surface area contributed by atoms with E-state index < -0.39 is 124 Å². The van der Waals surface area contributed by atoms with Gasteiger partial charge in [0.2, 0.25) is 5.91 Å². The van der Waals surface area contributed by atoms with Crippen LogP contribution in [-0.4, -0.2) is 193 Å². The summed E-state index contributed by atoms with van der Waals surface area (Å²) in [6.07, 6.45) is 41.9. The third kappa shape index (κ3) is 35.5. The zero-order valence-corrected chi connectivity index (χ0v) is 56.5. The van der Waals surface area contributed by atoms with E-state index in [9.17, 15) is 61.0 Å². The smallest absolute Gasteiger partial charge is 0.220 e. The number of nitrogens with one attached hydrogen (secondary N) is 1. The molecular weight excluding hydrogens is 1180 g/mol. The van der Waals surface area contributed by atoms with Gasteiger partial charge in [-0.05, 0) is 70.6 Å². The second-order valence-corrected chi connectivity index (χ2v) is 25.7. The highest BCUT2D eigenvalue weighted by molar-refractivity contribution is 5.76. The van der Waals surface area contributed by atoms with Crippen molar-refractivity contribution in [2.24, 2.45) is 0 Å². The lowest BCUT2D eigenvalue weighted by molar-refractivity contribution is -0.379. The van der Waals surface area contributed by atoms with E-state index in [2.05, 4.69) is 79.9 Å². The summed E-state index contributed by atoms with van der Waals surface area (Å²) >= 11 is 0. The van der Waals surface area contributed by atoms with Crippen LogP contribution in [0.5, 0.6) is 0 Å². The molecule has 0 radical (unpaired) electrons. The average Bonchev–Trinajstić information content (AvgIpc) is 0.840. The molecule has 0 bridgehead atoms. The second kappa shape index (κ2) is 54.3. The third-order valence-corrected chi connectivity index (χ3v) is 17.7. The number of unbranched alkanes of at least 4 members (excludes halogenated alkanes) is 29. The minimum Gasteiger partial charge on any atom is -0.394 e. The fourth-order valence-electron chi connectivity index (χ4n) is 11.9. The monoisotopic (exact) mass is 1310 g/mol. The van der Waals surface area contributed by atoms with Gasteiger partial charge < -0.3 is 89.9 Å². The second-order valence-electron chi connectivity index (χ2n) is 25.7. The van der Waals surface area contributed by atoms with Crippen LogP contribution in [-0.2, 0) is 33.2 Å². The van der Waals surface area contributed by atoms with E-state index in [-0.39, 0.29) is 18.9 Å². The van der Waals surface area contributed by atoms with Crippen LogP contribution >= 0.6 is 0 Å². The number of ether oxygens (including phenoxy) is 6. The molecule has 0 aliphatic carbocycles. The first kappa shape index (κ1) is 83.5. The Hall–Kier alpha value is -2.77. The molecule has 3 rings (SSSR count). The summed E-state index contributed by atoms with van der Waals surface area (Å²) in [7, 11) is 0. The number of hydrogen-bond donors (Lipinski definition) is 12. The van der Waals surface area contributed by atoms with Crippen molar-refractivity contribution in [2.75, 3.05) is 26.4 Å². The standard InChI is InChI=1S/C73H129NO18/c1-3-5-7-9-11-13-15-17-19-20-21-22-23-24-25-26-27-28-29-30-31-32-33-34-35-36-37-39-41-43-45-47-49-51-61(79)74-56(57(78)50-48-46-44-42-40-38-18-16-14-12-10-8-6-4-2)55-87-71-67(85)64(82)69(59(53-76)89-71)92-73-68(86)65(83)70(60(54-77)90-73)91-72-66(84)63(81)62(80)58(52-75)88-72/h5,7,11,13,17,19,21-22,40,42,48,50,56-60,62-73,75-78,80-86H,3-4,6,8-10,12,14-16,18,20,23-39,41,43-47,49,51-55H2,1-2H3,(H,74,79)/b7-5-,13-11-,19-17-,22-21-,42-40+,50-48+. The summed E-state index contributed by atoms with van der Waals surface area (Å²) in [6.45, 7) is 1.60. The molecule has 0 saturated carbocycles. The Bertz CT molecular complexity index is 1950. The Morgan fingerprint density at radius 1 is 0.402 bits per heavy atom. The SMILES string of the molecule is CC/C=C\C/C=C\C/C=C\C/C=C\CCCCCCCCCCCCCCCCCCCCCCC(=O)NC(COC1OC(CO)C(OC2OC(CO)C(OC3OC(CO)C(O)C(O)C3O)C(O)C2O)C(O)C1O)C(O)/C=C/CC/C=C/CCCCCCCCCC. The van der Waals surface area contributed by atoms with Gasteiger partial charge in [0.15, 0.2) is 18.9 Å². The van der Waals surface area contributed by atoms with Crippen molar-refractivity contribution in [3.05, 3.63) is 72.9 Å². The highest BCUT2D eigenvalue weighted by atomic mass is 16.8. The molecule has 0 aromatic carbocycles. The summed E-state index contributed by atoms with van der Waals surface area (Å²) < 4.78 is 34.3. The van der Waals surface area contributed by atoms with Gasteiger partial charge in [-0.15, -0.1) is 0 Å². The Morgan fingerprint density at radius 3 is 1.22 bits per heavy atom. The number of hydrogen-bond acceptors (Lipinski definition) is 18. The van der Waals surface area contributed by atoms with Crippen LogP contribution in [0.4, 0.5) is 0 Å². The van der Waals surface area contributed by atoms with E-state index in [0.717, 1.165) is 64.2 Å². The van der Waals surface area contributed by atoms with Crippen molar-refractivity contribution in [1.82, 2.24) is 5.32 Å². The minimum atomic E-state index is -1.98. The molecule has 92 heavy (non-hydrogen) atoms. The molecule has 0 aromatic rings. The lowest BCUT2D eigenvalue weighted by Gasteiger charge is -2.48. The predicted molar refractivity (Wildman–Crippen MR) is 360 cm³/mol. The van der Waals surface area contributed by atoms with Crippen LogP contribution in [0.1, 0.15) is 251 Å². The first-order valence-corrected chi connectivity index (χ1v) is 36.2. The van der Waals surface area contributed by atoms with Crippen molar-refractivity contribution < 1.29 is 89.4 Å². The van der Waals surface area contributed by atoms with E-state index in [1.54, 1.807) is 6.08 Å². The molecule has 12 N–H and O–H groups in total. The van der Waals surface area contributed by atoms with Crippen LogP contribution in [0.25, 0.3) is 0 Å².